The third-order valence-corrected chi connectivity index (χ3v) is 6.29. The summed E-state index contributed by atoms with van der Waals surface area (Å²) in [6.45, 7) is 5.40. The molecule has 0 spiro atoms. The Kier molecular flexibility index (Phi) is 7.50. The number of fused-ring (bicyclic) bond motifs is 1. The van der Waals surface area contributed by atoms with Gasteiger partial charge in [-0.3, -0.25) is 9.69 Å². The van der Waals surface area contributed by atoms with Gasteiger partial charge in [-0.25, -0.2) is 13.2 Å². The molecule has 0 bridgehead atoms. The third kappa shape index (κ3) is 6.42. The second-order valence-electron chi connectivity index (χ2n) is 8.96. The van der Waals surface area contributed by atoms with Crippen molar-refractivity contribution in [2.45, 2.75) is 64.2 Å². The summed E-state index contributed by atoms with van der Waals surface area (Å²) in [4.78, 5) is 26.4. The molecule has 2 aliphatic rings. The lowest BCUT2D eigenvalue weighted by Crippen LogP contribution is -2.48. The van der Waals surface area contributed by atoms with E-state index >= 15 is 0 Å². The Morgan fingerprint density at radius 3 is 2.54 bits per heavy atom. The van der Waals surface area contributed by atoms with Gasteiger partial charge in [-0.1, -0.05) is 0 Å². The van der Waals surface area contributed by atoms with Crippen molar-refractivity contribution in [3.8, 4) is 0 Å². The highest BCUT2D eigenvalue weighted by Crippen LogP contribution is 2.37. The zero-order valence-corrected chi connectivity index (χ0v) is 18.0. The summed E-state index contributed by atoms with van der Waals surface area (Å²) < 4.78 is 34.1. The van der Waals surface area contributed by atoms with Crippen LogP contribution in [0.3, 0.4) is 0 Å². The number of rotatable bonds is 6. The Bertz CT molecular complexity index is 670. The topological polar surface area (TPSA) is 110 Å². The van der Waals surface area contributed by atoms with Crippen molar-refractivity contribution >= 4 is 21.7 Å². The molecule has 1 N–H and O–H groups in total. The van der Waals surface area contributed by atoms with Gasteiger partial charge in [-0.2, -0.15) is 0 Å². The van der Waals surface area contributed by atoms with Gasteiger partial charge in [-0.15, -0.1) is 0 Å². The Balaban J connectivity index is 2.10. The normalized spacial score (nSPS) is 28.5. The van der Waals surface area contributed by atoms with Crippen LogP contribution in [0.25, 0.3) is 0 Å². The van der Waals surface area contributed by atoms with Crippen LogP contribution in [0.15, 0.2) is 0 Å². The minimum atomic E-state index is -2.99. The van der Waals surface area contributed by atoms with E-state index in [0.717, 1.165) is 19.3 Å². The van der Waals surface area contributed by atoms with Crippen molar-refractivity contribution < 1.29 is 32.6 Å². The molecule has 2 rings (SSSR count). The smallest absolute Gasteiger partial charge is 0.411 e. The van der Waals surface area contributed by atoms with Crippen molar-refractivity contribution in [1.82, 2.24) is 4.90 Å². The van der Waals surface area contributed by atoms with Crippen LogP contribution < -0.4 is 0 Å². The first-order valence-corrected chi connectivity index (χ1v) is 11.9. The quantitative estimate of drug-likeness (QED) is 0.693. The molecule has 0 radical (unpaired) electrons. The van der Waals surface area contributed by atoms with E-state index in [1.54, 1.807) is 20.8 Å². The van der Waals surface area contributed by atoms with E-state index in [1.165, 1.54) is 11.2 Å². The maximum Gasteiger partial charge on any atom is 0.411 e. The van der Waals surface area contributed by atoms with Gasteiger partial charge in [0.05, 0.1) is 6.10 Å². The Labute approximate surface area is 167 Å². The SMILES string of the molecule is CC(C)(C)OC(=O)N1C[C@@H]2C[C@H](CCCS(C)(=O)=O)CCO[C@H]2[C@H]1C(=O)CO. The number of carbonyl (C=O) groups is 2. The molecule has 0 unspecified atom stereocenters. The summed E-state index contributed by atoms with van der Waals surface area (Å²) in [7, 11) is -2.99. The lowest BCUT2D eigenvalue weighted by molar-refractivity contribution is -0.130. The van der Waals surface area contributed by atoms with E-state index in [2.05, 4.69) is 0 Å². The standard InChI is InChI=1S/C19H33NO7S/c1-19(2,3)27-18(23)20-11-14-10-13(6-5-9-28(4,24)25)7-8-26-17(14)16(20)15(22)12-21/h13-14,16-17,21H,5-12H2,1-4H3/t13-,14+,16-,17-/m1/s1. The summed E-state index contributed by atoms with van der Waals surface area (Å²) in [5.41, 5.74) is -0.691. The Morgan fingerprint density at radius 2 is 1.96 bits per heavy atom. The number of nitrogens with zero attached hydrogens (tertiary/aromatic N) is 1. The number of sulfone groups is 1. The summed E-state index contributed by atoms with van der Waals surface area (Å²) >= 11 is 0. The van der Waals surface area contributed by atoms with E-state index in [9.17, 15) is 23.1 Å². The lowest BCUT2D eigenvalue weighted by Gasteiger charge is -2.29. The molecule has 0 aromatic carbocycles. The zero-order valence-electron chi connectivity index (χ0n) is 17.2. The third-order valence-electron chi connectivity index (χ3n) is 5.26. The Morgan fingerprint density at radius 1 is 1.29 bits per heavy atom. The number of aliphatic hydroxyl groups excluding tert-OH is 1. The maximum atomic E-state index is 12.6. The molecule has 1 amide bonds. The molecule has 0 saturated carbocycles. The van der Waals surface area contributed by atoms with Crippen LogP contribution in [-0.4, -0.2) is 79.8 Å². The molecule has 9 heteroatoms. The van der Waals surface area contributed by atoms with Gasteiger partial charge in [0.25, 0.3) is 0 Å². The fourth-order valence-electron chi connectivity index (χ4n) is 4.11. The molecule has 2 saturated heterocycles. The number of amides is 1. The number of aliphatic hydroxyl groups is 1. The van der Waals surface area contributed by atoms with E-state index in [1.807, 2.05) is 0 Å². The number of hydrogen-bond acceptors (Lipinski definition) is 7. The van der Waals surface area contributed by atoms with Crippen LogP contribution in [0, 0.1) is 11.8 Å². The molecule has 162 valence electrons. The number of hydrogen-bond donors (Lipinski definition) is 1. The maximum absolute atomic E-state index is 12.6. The molecular weight excluding hydrogens is 386 g/mol. The summed E-state index contributed by atoms with van der Waals surface area (Å²) in [5.74, 6) is -0.0541. The summed E-state index contributed by atoms with van der Waals surface area (Å²) in [5, 5.41) is 9.39. The second kappa shape index (κ2) is 9.09. The van der Waals surface area contributed by atoms with Gasteiger partial charge in [0.1, 0.15) is 28.1 Å². The number of ether oxygens (including phenoxy) is 2. The highest BCUT2D eigenvalue weighted by atomic mass is 32.2. The molecule has 4 atom stereocenters. The van der Waals surface area contributed by atoms with Gasteiger partial charge in [0.15, 0.2) is 5.78 Å². The number of ketones is 1. The van der Waals surface area contributed by atoms with E-state index in [-0.39, 0.29) is 17.6 Å². The summed E-state index contributed by atoms with van der Waals surface area (Å²) in [6, 6.07) is -0.848. The van der Waals surface area contributed by atoms with Crippen molar-refractivity contribution in [2.24, 2.45) is 11.8 Å². The van der Waals surface area contributed by atoms with Crippen molar-refractivity contribution in [2.75, 3.05) is 31.8 Å². The molecule has 8 nitrogen and oxygen atoms in total. The van der Waals surface area contributed by atoms with E-state index in [0.29, 0.717) is 19.6 Å². The van der Waals surface area contributed by atoms with Crippen LogP contribution in [-0.2, 0) is 24.1 Å². The van der Waals surface area contributed by atoms with Gasteiger partial charge in [-0.05, 0) is 52.4 Å². The van der Waals surface area contributed by atoms with Crippen molar-refractivity contribution in [3.05, 3.63) is 0 Å². The molecule has 0 aromatic rings. The Hall–Kier alpha value is -1.19. The van der Waals surface area contributed by atoms with Gasteiger partial charge in [0, 0.05) is 31.1 Å². The number of Topliss-reactive ketones (excluding diaryl/α,β-unsaturated/α-hetero) is 1. The summed E-state index contributed by atoms with van der Waals surface area (Å²) in [6.07, 6.45) is 3.10. The minimum Gasteiger partial charge on any atom is -0.444 e. The van der Waals surface area contributed by atoms with Crippen LogP contribution in [0.1, 0.15) is 46.5 Å². The van der Waals surface area contributed by atoms with Crippen molar-refractivity contribution in [3.63, 3.8) is 0 Å². The molecule has 2 heterocycles. The first kappa shape index (κ1) is 23.1. The van der Waals surface area contributed by atoms with Gasteiger partial charge >= 0.3 is 6.09 Å². The fraction of sp³-hybridized carbons (Fsp3) is 0.895. The van der Waals surface area contributed by atoms with Crippen LogP contribution >= 0.6 is 0 Å². The van der Waals surface area contributed by atoms with Crippen molar-refractivity contribution in [1.29, 1.82) is 0 Å². The highest BCUT2D eigenvalue weighted by molar-refractivity contribution is 7.90. The number of carbonyl (C=O) groups excluding carboxylic acids is 2. The number of likely N-dealkylation sites (tertiary alicyclic amines) is 1. The molecule has 0 aromatic heterocycles. The van der Waals surface area contributed by atoms with Crippen LogP contribution in [0.4, 0.5) is 4.79 Å². The molecular formula is C19H33NO7S. The molecule has 2 aliphatic heterocycles. The zero-order chi connectivity index (χ0) is 21.1. The molecule has 28 heavy (non-hydrogen) atoms. The van der Waals surface area contributed by atoms with Gasteiger partial charge in [0.2, 0.25) is 0 Å². The predicted molar refractivity (Wildman–Crippen MR) is 104 cm³/mol. The largest absolute Gasteiger partial charge is 0.444 e. The van der Waals surface area contributed by atoms with Crippen LogP contribution in [0.2, 0.25) is 0 Å². The average molecular weight is 420 g/mol. The highest BCUT2D eigenvalue weighted by Gasteiger charge is 2.50. The monoisotopic (exact) mass is 419 g/mol. The van der Waals surface area contributed by atoms with E-state index < -0.39 is 46.1 Å². The average Bonchev–Trinajstić information content (AvgIpc) is 2.78. The second-order valence-corrected chi connectivity index (χ2v) is 11.2. The van der Waals surface area contributed by atoms with Gasteiger partial charge < -0.3 is 14.6 Å². The minimum absolute atomic E-state index is 0.0428. The van der Waals surface area contributed by atoms with E-state index in [4.69, 9.17) is 9.47 Å². The molecule has 2 fully saturated rings. The lowest BCUT2D eigenvalue weighted by atomic mass is 9.87. The van der Waals surface area contributed by atoms with Crippen LogP contribution in [0.5, 0.6) is 0 Å². The first-order chi connectivity index (χ1) is 12.9. The fourth-order valence-corrected chi connectivity index (χ4v) is 4.80. The molecule has 0 aliphatic carbocycles. The predicted octanol–water partition coefficient (Wildman–Crippen LogP) is 1.40. The first-order valence-electron chi connectivity index (χ1n) is 9.84.